The Hall–Kier alpha value is -0.380. The van der Waals surface area contributed by atoms with E-state index >= 15 is 0 Å². The Morgan fingerprint density at radius 3 is 2.69 bits per heavy atom. The summed E-state index contributed by atoms with van der Waals surface area (Å²) in [4.78, 5) is 2.40. The molecule has 76 valence electrons. The van der Waals surface area contributed by atoms with Crippen molar-refractivity contribution >= 4 is 0 Å². The first-order chi connectivity index (χ1) is 6.20. The summed E-state index contributed by atoms with van der Waals surface area (Å²) in [7, 11) is 0. The molecule has 1 rings (SSSR count). The van der Waals surface area contributed by atoms with E-state index in [0.717, 1.165) is 32.8 Å². The molecule has 0 radical (unpaired) electrons. The van der Waals surface area contributed by atoms with Crippen molar-refractivity contribution in [3.8, 4) is 0 Å². The van der Waals surface area contributed by atoms with Gasteiger partial charge < -0.3 is 4.74 Å². The highest BCUT2D eigenvalue weighted by atomic mass is 16.5. The number of ether oxygens (including phenoxy) is 1. The molecule has 0 bridgehead atoms. The van der Waals surface area contributed by atoms with Crippen LogP contribution in [0.2, 0.25) is 0 Å². The summed E-state index contributed by atoms with van der Waals surface area (Å²) in [5, 5.41) is 3.42. The minimum Gasteiger partial charge on any atom is -0.379 e. The molecule has 0 spiro atoms. The minimum absolute atomic E-state index is 0.431. The van der Waals surface area contributed by atoms with Gasteiger partial charge in [0.25, 0.3) is 0 Å². The van der Waals surface area contributed by atoms with Crippen LogP contribution >= 0.6 is 0 Å². The quantitative estimate of drug-likeness (QED) is 0.655. The van der Waals surface area contributed by atoms with E-state index in [0.29, 0.717) is 6.17 Å². The molecule has 0 saturated carbocycles. The Bertz CT molecular complexity index is 164. The predicted molar refractivity (Wildman–Crippen MR) is 54.7 cm³/mol. The van der Waals surface area contributed by atoms with Crippen LogP contribution in [0.25, 0.3) is 0 Å². The van der Waals surface area contributed by atoms with Crippen molar-refractivity contribution in [2.75, 3.05) is 32.8 Å². The summed E-state index contributed by atoms with van der Waals surface area (Å²) in [6.45, 7) is 12.8. The first kappa shape index (κ1) is 10.7. The molecule has 1 saturated heterocycles. The Labute approximate surface area is 80.8 Å². The molecule has 3 heteroatoms. The number of rotatable bonds is 4. The molecular weight excluding hydrogens is 164 g/mol. The number of hydrogen-bond acceptors (Lipinski definition) is 3. The minimum atomic E-state index is 0.431. The standard InChI is InChI=1S/C10H20N2O/c1-9(2)8-11-10(3)12-4-6-13-7-5-12/h10-11H,1,4-8H2,2-3H3. The van der Waals surface area contributed by atoms with Gasteiger partial charge in [0, 0.05) is 19.6 Å². The van der Waals surface area contributed by atoms with Crippen molar-refractivity contribution in [1.82, 2.24) is 10.2 Å². The molecule has 0 aromatic rings. The molecule has 0 aromatic heterocycles. The number of morpholine rings is 1. The van der Waals surface area contributed by atoms with Gasteiger partial charge in [0.2, 0.25) is 0 Å². The fourth-order valence-electron chi connectivity index (χ4n) is 1.42. The van der Waals surface area contributed by atoms with E-state index in [1.807, 2.05) is 6.92 Å². The van der Waals surface area contributed by atoms with Crippen molar-refractivity contribution in [2.45, 2.75) is 20.0 Å². The third-order valence-corrected chi connectivity index (χ3v) is 2.29. The van der Waals surface area contributed by atoms with E-state index in [9.17, 15) is 0 Å². The van der Waals surface area contributed by atoms with Crippen molar-refractivity contribution in [2.24, 2.45) is 0 Å². The molecule has 1 fully saturated rings. The zero-order valence-electron chi connectivity index (χ0n) is 8.68. The molecule has 0 aromatic carbocycles. The number of nitrogens with one attached hydrogen (secondary N) is 1. The second kappa shape index (κ2) is 5.37. The maximum Gasteiger partial charge on any atom is 0.0594 e. The normalized spacial score (nSPS) is 21.4. The lowest BCUT2D eigenvalue weighted by molar-refractivity contribution is 0.0138. The largest absolute Gasteiger partial charge is 0.379 e. The maximum atomic E-state index is 5.29. The zero-order valence-corrected chi connectivity index (χ0v) is 8.68. The van der Waals surface area contributed by atoms with Crippen molar-refractivity contribution in [3.63, 3.8) is 0 Å². The van der Waals surface area contributed by atoms with Gasteiger partial charge >= 0.3 is 0 Å². The highest BCUT2D eigenvalue weighted by molar-refractivity contribution is 4.91. The highest BCUT2D eigenvalue weighted by Gasteiger charge is 2.15. The number of hydrogen-bond donors (Lipinski definition) is 1. The van der Waals surface area contributed by atoms with Gasteiger partial charge in [0.1, 0.15) is 0 Å². The fraction of sp³-hybridized carbons (Fsp3) is 0.800. The van der Waals surface area contributed by atoms with Crippen molar-refractivity contribution < 1.29 is 4.74 Å². The molecule has 0 amide bonds. The highest BCUT2D eigenvalue weighted by Crippen LogP contribution is 2.01. The fourth-order valence-corrected chi connectivity index (χ4v) is 1.42. The van der Waals surface area contributed by atoms with Crippen LogP contribution in [0.5, 0.6) is 0 Å². The monoisotopic (exact) mass is 184 g/mol. The molecule has 0 aliphatic carbocycles. The van der Waals surface area contributed by atoms with Crippen LogP contribution in [-0.4, -0.2) is 43.9 Å². The topological polar surface area (TPSA) is 24.5 Å². The summed E-state index contributed by atoms with van der Waals surface area (Å²) >= 11 is 0. The van der Waals surface area contributed by atoms with Gasteiger partial charge in [-0.25, -0.2) is 0 Å². The van der Waals surface area contributed by atoms with Crippen LogP contribution in [0, 0.1) is 0 Å². The van der Waals surface area contributed by atoms with Crippen molar-refractivity contribution in [1.29, 1.82) is 0 Å². The van der Waals surface area contributed by atoms with E-state index in [1.165, 1.54) is 5.57 Å². The first-order valence-electron chi connectivity index (χ1n) is 4.89. The molecular formula is C10H20N2O. The smallest absolute Gasteiger partial charge is 0.0594 e. The van der Waals surface area contributed by atoms with Gasteiger partial charge in [-0.15, -0.1) is 0 Å². The lowest BCUT2D eigenvalue weighted by atomic mass is 10.3. The molecule has 1 atom stereocenters. The van der Waals surface area contributed by atoms with E-state index in [-0.39, 0.29) is 0 Å². The molecule has 3 nitrogen and oxygen atoms in total. The third kappa shape index (κ3) is 3.89. The second-order valence-electron chi connectivity index (χ2n) is 3.66. The molecule has 1 unspecified atom stereocenters. The molecule has 1 aliphatic rings. The lowest BCUT2D eigenvalue weighted by Gasteiger charge is -2.32. The zero-order chi connectivity index (χ0) is 9.68. The second-order valence-corrected chi connectivity index (χ2v) is 3.66. The van der Waals surface area contributed by atoms with E-state index in [1.54, 1.807) is 0 Å². The van der Waals surface area contributed by atoms with Gasteiger partial charge in [0.05, 0.1) is 19.4 Å². The molecule has 1 N–H and O–H groups in total. The SMILES string of the molecule is C=C(C)CNC(C)N1CCOCC1. The predicted octanol–water partition coefficient (Wildman–Crippen LogP) is 0.830. The number of nitrogens with zero attached hydrogens (tertiary/aromatic N) is 1. The van der Waals surface area contributed by atoms with Gasteiger partial charge in [-0.1, -0.05) is 12.2 Å². The first-order valence-corrected chi connectivity index (χ1v) is 4.89. The summed E-state index contributed by atoms with van der Waals surface area (Å²) in [6, 6.07) is 0. The molecule has 1 aliphatic heterocycles. The summed E-state index contributed by atoms with van der Waals surface area (Å²) in [5.41, 5.74) is 1.18. The maximum absolute atomic E-state index is 5.29. The van der Waals surface area contributed by atoms with Gasteiger partial charge in [-0.3, -0.25) is 10.2 Å². The average molecular weight is 184 g/mol. The van der Waals surface area contributed by atoms with Crippen LogP contribution in [0.1, 0.15) is 13.8 Å². The Morgan fingerprint density at radius 1 is 1.54 bits per heavy atom. The molecule has 13 heavy (non-hydrogen) atoms. The van der Waals surface area contributed by atoms with Gasteiger partial charge in [0.15, 0.2) is 0 Å². The van der Waals surface area contributed by atoms with Gasteiger partial charge in [-0.2, -0.15) is 0 Å². The molecule has 1 heterocycles. The van der Waals surface area contributed by atoms with Crippen LogP contribution in [0.4, 0.5) is 0 Å². The van der Waals surface area contributed by atoms with Gasteiger partial charge in [-0.05, 0) is 13.8 Å². The summed E-state index contributed by atoms with van der Waals surface area (Å²) in [5.74, 6) is 0. The Morgan fingerprint density at radius 2 is 2.15 bits per heavy atom. The average Bonchev–Trinajstić information content (AvgIpc) is 2.15. The van der Waals surface area contributed by atoms with Crippen LogP contribution in [-0.2, 0) is 4.74 Å². The third-order valence-electron chi connectivity index (χ3n) is 2.29. The van der Waals surface area contributed by atoms with Crippen molar-refractivity contribution in [3.05, 3.63) is 12.2 Å². The summed E-state index contributed by atoms with van der Waals surface area (Å²) in [6.07, 6.45) is 0.431. The van der Waals surface area contributed by atoms with Crippen LogP contribution in [0.15, 0.2) is 12.2 Å². The van der Waals surface area contributed by atoms with Crippen LogP contribution in [0.3, 0.4) is 0 Å². The van der Waals surface area contributed by atoms with E-state index in [2.05, 4.69) is 23.7 Å². The lowest BCUT2D eigenvalue weighted by Crippen LogP contribution is -2.49. The van der Waals surface area contributed by atoms with E-state index < -0.39 is 0 Å². The Kier molecular flexibility index (Phi) is 4.42. The Balaban J connectivity index is 2.20. The summed E-state index contributed by atoms with van der Waals surface area (Å²) < 4.78 is 5.29. The van der Waals surface area contributed by atoms with E-state index in [4.69, 9.17) is 4.74 Å². The van der Waals surface area contributed by atoms with Crippen LogP contribution < -0.4 is 5.32 Å².